The molecule has 0 fully saturated rings. The normalized spacial score (nSPS) is 11.9. The van der Waals surface area contributed by atoms with Gasteiger partial charge in [0.25, 0.3) is 0 Å². The summed E-state index contributed by atoms with van der Waals surface area (Å²) in [6, 6.07) is 74.1. The van der Waals surface area contributed by atoms with Crippen molar-refractivity contribution in [3.63, 3.8) is 0 Å². The van der Waals surface area contributed by atoms with Crippen LogP contribution in [0.1, 0.15) is 0 Å². The zero-order valence-electron chi connectivity index (χ0n) is 35.5. The molecule has 0 amide bonds. The van der Waals surface area contributed by atoms with Crippen molar-refractivity contribution in [2.75, 3.05) is 9.80 Å². The van der Waals surface area contributed by atoms with Gasteiger partial charge in [0.2, 0.25) is 0 Å². The van der Waals surface area contributed by atoms with Gasteiger partial charge in [-0.3, -0.25) is 0 Å². The highest BCUT2D eigenvalue weighted by atomic mass is 32.2. The molecule has 0 aliphatic rings. The summed E-state index contributed by atoms with van der Waals surface area (Å²) in [5.74, 6) is -0.509. The molecule has 0 saturated carbocycles. The van der Waals surface area contributed by atoms with E-state index in [0.717, 1.165) is 71.5 Å². The molecule has 10 heteroatoms. The highest BCUT2D eigenvalue weighted by molar-refractivity contribution is 7.88. The molecule has 0 aliphatic carbocycles. The highest BCUT2D eigenvalue weighted by Crippen LogP contribution is 2.47. The zero-order chi connectivity index (χ0) is 45.7. The van der Waals surface area contributed by atoms with E-state index < -0.39 is 21.4 Å². The van der Waals surface area contributed by atoms with Crippen LogP contribution >= 0.6 is 0 Å². The maximum atomic E-state index is 14.1. The van der Waals surface area contributed by atoms with Crippen LogP contribution in [0.5, 0.6) is 5.75 Å². The molecule has 10 aromatic carbocycles. The minimum Gasteiger partial charge on any atom is -0.374 e. The van der Waals surface area contributed by atoms with E-state index in [1.54, 1.807) is 29.2 Å². The minimum absolute atomic E-state index is 0.0594. The Morgan fingerprint density at radius 1 is 0.418 bits per heavy atom. The van der Waals surface area contributed by atoms with Crippen LogP contribution in [0.25, 0.3) is 60.2 Å². The van der Waals surface area contributed by atoms with E-state index in [1.807, 2.05) is 132 Å². The lowest BCUT2D eigenvalue weighted by Gasteiger charge is -2.30. The second-order valence-corrected chi connectivity index (χ2v) is 17.7. The van der Waals surface area contributed by atoms with Crippen LogP contribution in [0.2, 0.25) is 0 Å². The molecule has 67 heavy (non-hydrogen) atoms. The number of anilines is 6. The lowest BCUT2D eigenvalue weighted by Crippen LogP contribution is -2.28. The summed E-state index contributed by atoms with van der Waals surface area (Å²) >= 11 is 0. The van der Waals surface area contributed by atoms with E-state index in [1.165, 1.54) is 6.07 Å². The third-order valence-corrected chi connectivity index (χ3v) is 13.0. The number of hydrogen-bond donors (Lipinski definition) is 0. The van der Waals surface area contributed by atoms with Crippen LogP contribution in [0.4, 0.5) is 47.3 Å². The zero-order valence-corrected chi connectivity index (χ0v) is 36.4. The summed E-state index contributed by atoms with van der Waals surface area (Å²) in [4.78, 5) is 3.71. The van der Waals surface area contributed by atoms with Crippen LogP contribution < -0.4 is 14.0 Å². The van der Waals surface area contributed by atoms with E-state index in [9.17, 15) is 21.6 Å². The molecule has 326 valence electrons. The van der Waals surface area contributed by atoms with Gasteiger partial charge in [-0.2, -0.15) is 21.6 Å². The predicted octanol–water partition coefficient (Wildman–Crippen LogP) is 15.9. The van der Waals surface area contributed by atoms with Gasteiger partial charge < -0.3 is 18.6 Å². The number of aromatic nitrogens is 1. The van der Waals surface area contributed by atoms with E-state index in [0.29, 0.717) is 17.1 Å². The molecule has 6 nitrogen and oxygen atoms in total. The molecule has 1 aromatic heterocycles. The standard InChI is InChI=1S/C57H38F3N3O3S/c58-57(59,60)67(64,65)66-55-35-32-49(38-54(55)62(45-19-6-2-7-20-45)47-29-26-40(27-30-47)43-25-24-39-14-10-11-16-42(39)36-43)61(44-17-4-1-5-18-44)48-31-34-53-52(37-48)51-33-28-41-15-12-13-23-50(41)56(51)63(53)46-21-8-3-9-22-46/h1-38H. The van der Waals surface area contributed by atoms with Crippen molar-refractivity contribution < 1.29 is 25.8 Å². The molecule has 0 unspecified atom stereocenters. The Balaban J connectivity index is 1.12. The van der Waals surface area contributed by atoms with Crippen molar-refractivity contribution in [3.8, 4) is 22.6 Å². The molecule has 0 atom stereocenters. The van der Waals surface area contributed by atoms with Gasteiger partial charge >= 0.3 is 15.6 Å². The van der Waals surface area contributed by atoms with Gasteiger partial charge in [-0.05, 0) is 118 Å². The third kappa shape index (κ3) is 7.57. The molecule has 11 aromatic rings. The summed E-state index contributed by atoms with van der Waals surface area (Å²) in [5, 5.41) is 6.42. The number of fused-ring (bicyclic) bond motifs is 6. The van der Waals surface area contributed by atoms with Crippen molar-refractivity contribution in [1.29, 1.82) is 0 Å². The number of hydrogen-bond acceptors (Lipinski definition) is 5. The number of benzene rings is 10. The molecule has 0 saturated heterocycles. The van der Waals surface area contributed by atoms with Gasteiger partial charge in [0, 0.05) is 50.3 Å². The fourth-order valence-corrected chi connectivity index (χ4v) is 9.48. The first-order valence-electron chi connectivity index (χ1n) is 21.6. The maximum Gasteiger partial charge on any atom is 0.534 e. The molecule has 0 radical (unpaired) electrons. The largest absolute Gasteiger partial charge is 0.534 e. The summed E-state index contributed by atoms with van der Waals surface area (Å²) in [6.45, 7) is 0. The number of para-hydroxylation sites is 3. The lowest BCUT2D eigenvalue weighted by molar-refractivity contribution is -0.0499. The van der Waals surface area contributed by atoms with E-state index >= 15 is 0 Å². The van der Waals surface area contributed by atoms with Crippen molar-refractivity contribution >= 4 is 87.6 Å². The second-order valence-electron chi connectivity index (χ2n) is 16.1. The van der Waals surface area contributed by atoms with Crippen molar-refractivity contribution in [2.24, 2.45) is 0 Å². The van der Waals surface area contributed by atoms with Crippen LogP contribution in [-0.4, -0.2) is 18.5 Å². The van der Waals surface area contributed by atoms with E-state index in [4.69, 9.17) is 4.18 Å². The quantitative estimate of drug-likeness (QED) is 0.101. The first-order chi connectivity index (χ1) is 32.6. The SMILES string of the molecule is O=S(=O)(Oc1ccc(N(c2ccccc2)c2ccc3c(c2)c2ccc4ccccc4c2n3-c2ccccc2)cc1N(c1ccccc1)c1ccc(-c2ccc3ccccc3c2)cc1)C(F)(F)F. The van der Waals surface area contributed by atoms with Gasteiger partial charge in [0.15, 0.2) is 5.75 Å². The highest BCUT2D eigenvalue weighted by Gasteiger charge is 2.49. The topological polar surface area (TPSA) is 54.8 Å². The van der Waals surface area contributed by atoms with Crippen LogP contribution in [0, 0.1) is 0 Å². The Morgan fingerprint density at radius 3 is 1.66 bits per heavy atom. The molecule has 0 aliphatic heterocycles. The van der Waals surface area contributed by atoms with Crippen LogP contribution in [0.3, 0.4) is 0 Å². The number of alkyl halides is 3. The Labute approximate surface area is 384 Å². The van der Waals surface area contributed by atoms with Gasteiger partial charge in [-0.25, -0.2) is 0 Å². The van der Waals surface area contributed by atoms with E-state index in [-0.39, 0.29) is 5.69 Å². The average Bonchev–Trinajstić information content (AvgIpc) is 3.70. The van der Waals surface area contributed by atoms with Crippen LogP contribution in [-0.2, 0) is 10.1 Å². The number of rotatable bonds is 10. The van der Waals surface area contributed by atoms with Gasteiger partial charge in [0.1, 0.15) is 0 Å². The first kappa shape index (κ1) is 41.4. The molecular weight excluding hydrogens is 864 g/mol. The maximum absolute atomic E-state index is 14.1. The molecule has 11 rings (SSSR count). The minimum atomic E-state index is -6.09. The van der Waals surface area contributed by atoms with Gasteiger partial charge in [-0.15, -0.1) is 0 Å². The fourth-order valence-electron chi connectivity index (χ4n) is 9.01. The Hall–Kier alpha value is -8.34. The molecule has 1 heterocycles. The third-order valence-electron chi connectivity index (χ3n) is 12.1. The average molecular weight is 902 g/mol. The van der Waals surface area contributed by atoms with Crippen molar-refractivity contribution in [2.45, 2.75) is 5.51 Å². The number of nitrogens with zero attached hydrogens (tertiary/aromatic N) is 3. The van der Waals surface area contributed by atoms with Gasteiger partial charge in [0.05, 0.1) is 16.7 Å². The fraction of sp³-hybridized carbons (Fsp3) is 0.0175. The predicted molar refractivity (Wildman–Crippen MR) is 266 cm³/mol. The first-order valence-corrected chi connectivity index (χ1v) is 23.0. The number of halogens is 3. The Bertz CT molecular complexity index is 3730. The van der Waals surface area contributed by atoms with Crippen molar-refractivity contribution in [3.05, 3.63) is 231 Å². The second kappa shape index (κ2) is 16.6. The molecule has 0 N–H and O–H groups in total. The molecule has 0 spiro atoms. The Kier molecular flexibility index (Phi) is 10.2. The summed E-state index contributed by atoms with van der Waals surface area (Å²) in [5.41, 5.74) is 2.48. The smallest absolute Gasteiger partial charge is 0.374 e. The summed E-state index contributed by atoms with van der Waals surface area (Å²) < 4.78 is 75.5. The Morgan fingerprint density at radius 2 is 0.955 bits per heavy atom. The van der Waals surface area contributed by atoms with Crippen LogP contribution in [0.15, 0.2) is 231 Å². The van der Waals surface area contributed by atoms with Gasteiger partial charge in [-0.1, -0.05) is 140 Å². The monoisotopic (exact) mass is 901 g/mol. The van der Waals surface area contributed by atoms with E-state index in [2.05, 4.69) is 77.4 Å². The lowest BCUT2D eigenvalue weighted by atomic mass is 10.0. The summed E-state index contributed by atoms with van der Waals surface area (Å²) in [6.07, 6.45) is 0. The van der Waals surface area contributed by atoms with Crippen molar-refractivity contribution in [1.82, 2.24) is 4.57 Å². The molecule has 0 bridgehead atoms. The summed E-state index contributed by atoms with van der Waals surface area (Å²) in [7, 11) is -6.09. The molecular formula is C57H38F3N3O3S.